The molecule has 0 aliphatic heterocycles. The van der Waals surface area contributed by atoms with E-state index in [0.717, 1.165) is 26.4 Å². The molecule has 1 fully saturated rings. The molecule has 1 N–H and O–H groups in total. The van der Waals surface area contributed by atoms with Gasteiger partial charge in [-0.2, -0.15) is 0 Å². The van der Waals surface area contributed by atoms with E-state index < -0.39 is 0 Å². The Kier molecular flexibility index (Phi) is 7.09. The molecule has 0 aromatic heterocycles. The molecule has 1 rings (SSSR count). The van der Waals surface area contributed by atoms with E-state index in [9.17, 15) is 0 Å². The molecular weight excluding hydrogens is 214 g/mol. The van der Waals surface area contributed by atoms with E-state index in [4.69, 9.17) is 9.47 Å². The summed E-state index contributed by atoms with van der Waals surface area (Å²) < 4.78 is 11.8. The topological polar surface area (TPSA) is 30.5 Å². The summed E-state index contributed by atoms with van der Waals surface area (Å²) in [6, 6.07) is 0.340. The molecule has 1 aliphatic rings. The van der Waals surface area contributed by atoms with Crippen LogP contribution in [-0.2, 0) is 9.47 Å². The first kappa shape index (κ1) is 14.9. The molecule has 0 amide bonds. The van der Waals surface area contributed by atoms with E-state index >= 15 is 0 Å². The van der Waals surface area contributed by atoms with Crippen molar-refractivity contribution in [1.82, 2.24) is 5.32 Å². The van der Waals surface area contributed by atoms with Crippen molar-refractivity contribution in [3.63, 3.8) is 0 Å². The van der Waals surface area contributed by atoms with Gasteiger partial charge in [-0.1, -0.05) is 26.2 Å². The molecule has 17 heavy (non-hydrogen) atoms. The number of likely N-dealkylation sites (N-methyl/N-ethyl adjacent to an activating group) is 1. The molecule has 0 saturated heterocycles. The first-order valence-corrected chi connectivity index (χ1v) is 7.24. The highest BCUT2D eigenvalue weighted by molar-refractivity contribution is 4.95. The number of rotatable bonds is 8. The fourth-order valence-electron chi connectivity index (χ4n) is 2.91. The van der Waals surface area contributed by atoms with Gasteiger partial charge in [0.15, 0.2) is 0 Å². The van der Waals surface area contributed by atoms with Crippen molar-refractivity contribution in [1.29, 1.82) is 0 Å². The Hall–Kier alpha value is -0.120. The molecule has 102 valence electrons. The SMILES string of the molecule is CCNC(COCC)C1(OCC)CCCCC1. The van der Waals surface area contributed by atoms with Gasteiger partial charge in [-0.3, -0.25) is 0 Å². The molecule has 3 heteroatoms. The van der Waals surface area contributed by atoms with E-state index in [-0.39, 0.29) is 5.60 Å². The lowest BCUT2D eigenvalue weighted by Crippen LogP contribution is -2.56. The van der Waals surface area contributed by atoms with Gasteiger partial charge in [0.25, 0.3) is 0 Å². The molecule has 1 saturated carbocycles. The van der Waals surface area contributed by atoms with Crippen LogP contribution in [0.5, 0.6) is 0 Å². The van der Waals surface area contributed by atoms with Gasteiger partial charge in [-0.25, -0.2) is 0 Å². The zero-order valence-corrected chi connectivity index (χ0v) is 11.8. The van der Waals surface area contributed by atoms with Crippen molar-refractivity contribution in [2.45, 2.75) is 64.5 Å². The highest BCUT2D eigenvalue weighted by Gasteiger charge is 2.40. The second kappa shape index (κ2) is 8.06. The van der Waals surface area contributed by atoms with Gasteiger partial charge >= 0.3 is 0 Å². The van der Waals surface area contributed by atoms with Gasteiger partial charge in [-0.15, -0.1) is 0 Å². The Morgan fingerprint density at radius 1 is 1.06 bits per heavy atom. The first-order chi connectivity index (χ1) is 8.29. The van der Waals surface area contributed by atoms with Crippen LogP contribution in [0.25, 0.3) is 0 Å². The van der Waals surface area contributed by atoms with Gasteiger partial charge in [0, 0.05) is 13.2 Å². The van der Waals surface area contributed by atoms with Crippen LogP contribution in [0.3, 0.4) is 0 Å². The van der Waals surface area contributed by atoms with E-state index in [1.807, 2.05) is 0 Å². The third kappa shape index (κ3) is 4.23. The highest BCUT2D eigenvalue weighted by atomic mass is 16.5. The van der Waals surface area contributed by atoms with Crippen LogP contribution in [-0.4, -0.2) is 38.0 Å². The maximum absolute atomic E-state index is 6.14. The standard InChI is InChI=1S/C14H29NO2/c1-4-15-13(12-16-5-2)14(17-6-3)10-8-7-9-11-14/h13,15H,4-12H2,1-3H3. The van der Waals surface area contributed by atoms with Crippen LogP contribution in [0.4, 0.5) is 0 Å². The van der Waals surface area contributed by atoms with Gasteiger partial charge in [0.05, 0.1) is 18.2 Å². The summed E-state index contributed by atoms with van der Waals surface area (Å²) in [5.74, 6) is 0. The van der Waals surface area contributed by atoms with Crippen molar-refractivity contribution >= 4 is 0 Å². The molecule has 0 spiro atoms. The van der Waals surface area contributed by atoms with Gasteiger partial charge in [-0.05, 0) is 33.2 Å². The van der Waals surface area contributed by atoms with Crippen LogP contribution in [0.2, 0.25) is 0 Å². The summed E-state index contributed by atoms with van der Waals surface area (Å²) >= 11 is 0. The Balaban J connectivity index is 2.67. The molecule has 0 radical (unpaired) electrons. The van der Waals surface area contributed by atoms with Gasteiger partial charge in [0.2, 0.25) is 0 Å². The van der Waals surface area contributed by atoms with Gasteiger partial charge in [0.1, 0.15) is 0 Å². The lowest BCUT2D eigenvalue weighted by Gasteiger charge is -2.43. The molecule has 0 aromatic carbocycles. The third-order valence-corrected chi connectivity index (χ3v) is 3.71. The summed E-state index contributed by atoms with van der Waals surface area (Å²) in [5, 5.41) is 3.56. The maximum atomic E-state index is 6.14. The summed E-state index contributed by atoms with van der Waals surface area (Å²) in [6.07, 6.45) is 6.27. The van der Waals surface area contributed by atoms with E-state index in [2.05, 4.69) is 26.1 Å². The van der Waals surface area contributed by atoms with Crippen LogP contribution < -0.4 is 5.32 Å². The third-order valence-electron chi connectivity index (χ3n) is 3.71. The Labute approximate surface area is 106 Å². The largest absolute Gasteiger partial charge is 0.380 e. The summed E-state index contributed by atoms with van der Waals surface area (Å²) in [7, 11) is 0. The molecule has 0 aromatic rings. The summed E-state index contributed by atoms with van der Waals surface area (Å²) in [6.45, 7) is 9.63. The van der Waals surface area contributed by atoms with Gasteiger partial charge < -0.3 is 14.8 Å². The van der Waals surface area contributed by atoms with Crippen LogP contribution in [0.15, 0.2) is 0 Å². The average molecular weight is 243 g/mol. The zero-order valence-electron chi connectivity index (χ0n) is 11.8. The van der Waals surface area contributed by atoms with Crippen LogP contribution in [0.1, 0.15) is 52.9 Å². The number of nitrogens with one attached hydrogen (secondary N) is 1. The zero-order chi connectivity index (χ0) is 12.6. The maximum Gasteiger partial charge on any atom is 0.0857 e. The fraction of sp³-hybridized carbons (Fsp3) is 1.00. The number of ether oxygens (including phenoxy) is 2. The minimum atomic E-state index is 0.0121. The molecule has 0 bridgehead atoms. The molecule has 3 nitrogen and oxygen atoms in total. The summed E-state index contributed by atoms with van der Waals surface area (Å²) in [5.41, 5.74) is 0.0121. The van der Waals surface area contributed by atoms with E-state index in [0.29, 0.717) is 6.04 Å². The number of hydrogen-bond acceptors (Lipinski definition) is 3. The molecule has 1 unspecified atom stereocenters. The lowest BCUT2D eigenvalue weighted by molar-refractivity contribution is -0.104. The second-order valence-corrected chi connectivity index (χ2v) is 4.83. The van der Waals surface area contributed by atoms with Crippen LogP contribution >= 0.6 is 0 Å². The Bertz CT molecular complexity index is 185. The molecular formula is C14H29NO2. The molecule has 1 aliphatic carbocycles. The van der Waals surface area contributed by atoms with Crippen molar-refractivity contribution < 1.29 is 9.47 Å². The predicted octanol–water partition coefficient (Wildman–Crippen LogP) is 2.74. The number of hydrogen-bond donors (Lipinski definition) is 1. The fourth-order valence-corrected chi connectivity index (χ4v) is 2.91. The second-order valence-electron chi connectivity index (χ2n) is 4.83. The minimum absolute atomic E-state index is 0.0121. The minimum Gasteiger partial charge on any atom is -0.380 e. The van der Waals surface area contributed by atoms with Crippen molar-refractivity contribution in [2.75, 3.05) is 26.4 Å². The highest BCUT2D eigenvalue weighted by Crippen LogP contribution is 2.34. The monoisotopic (exact) mass is 243 g/mol. The van der Waals surface area contributed by atoms with Crippen LogP contribution in [0, 0.1) is 0 Å². The Morgan fingerprint density at radius 2 is 1.76 bits per heavy atom. The summed E-state index contributed by atoms with van der Waals surface area (Å²) in [4.78, 5) is 0. The van der Waals surface area contributed by atoms with E-state index in [1.165, 1.54) is 32.1 Å². The van der Waals surface area contributed by atoms with Crippen molar-refractivity contribution in [3.8, 4) is 0 Å². The quantitative estimate of drug-likeness (QED) is 0.711. The van der Waals surface area contributed by atoms with E-state index in [1.54, 1.807) is 0 Å². The van der Waals surface area contributed by atoms with Crippen molar-refractivity contribution in [2.24, 2.45) is 0 Å². The van der Waals surface area contributed by atoms with Crippen molar-refractivity contribution in [3.05, 3.63) is 0 Å². The lowest BCUT2D eigenvalue weighted by atomic mass is 9.79. The molecule has 1 atom stereocenters. The average Bonchev–Trinajstić information content (AvgIpc) is 2.36. The predicted molar refractivity (Wildman–Crippen MR) is 71.4 cm³/mol. The smallest absolute Gasteiger partial charge is 0.0857 e. The Morgan fingerprint density at radius 3 is 2.29 bits per heavy atom. The first-order valence-electron chi connectivity index (χ1n) is 7.24. The molecule has 0 heterocycles. The normalized spacial score (nSPS) is 21.4.